The fraction of sp³-hybridized carbons (Fsp3) is 0.200. The Bertz CT molecular complexity index is 932. The highest BCUT2D eigenvalue weighted by molar-refractivity contribution is 6.01. The number of Topliss-reactive ketones (excluding diaryl/α,β-unsaturated/α-hetero) is 1. The normalized spacial score (nSPS) is 10.8. The summed E-state index contributed by atoms with van der Waals surface area (Å²) < 4.78 is 5.47. The molecule has 0 bridgehead atoms. The van der Waals surface area contributed by atoms with E-state index in [9.17, 15) is 9.59 Å². The molecule has 0 fully saturated rings. The number of hydrogen-bond acceptors (Lipinski definition) is 3. The van der Waals surface area contributed by atoms with E-state index in [1.165, 1.54) is 6.92 Å². The maximum absolute atomic E-state index is 12.4. The van der Waals surface area contributed by atoms with E-state index in [-0.39, 0.29) is 12.4 Å². The topological polar surface area (TPSA) is 59.2 Å². The molecule has 0 aliphatic rings. The van der Waals surface area contributed by atoms with Crippen LogP contribution in [0.2, 0.25) is 0 Å². The second-order valence-corrected chi connectivity index (χ2v) is 5.90. The number of aromatic nitrogens is 1. The number of fused-ring (bicyclic) bond motifs is 1. The van der Waals surface area contributed by atoms with Crippen molar-refractivity contribution >= 4 is 22.5 Å². The number of benzene rings is 2. The molecule has 1 N–H and O–H groups in total. The van der Waals surface area contributed by atoms with Crippen LogP contribution in [-0.2, 0) is 11.3 Å². The quantitative estimate of drug-likeness (QED) is 0.574. The number of aryl methyl sites for hydroxylation is 1. The molecule has 0 atom stereocenters. The van der Waals surface area contributed by atoms with Gasteiger partial charge in [-0.25, -0.2) is 4.79 Å². The van der Waals surface area contributed by atoms with Crippen molar-refractivity contribution in [3.8, 4) is 0 Å². The van der Waals surface area contributed by atoms with Crippen LogP contribution in [0.3, 0.4) is 0 Å². The fourth-order valence-electron chi connectivity index (χ4n) is 3.12. The smallest absolute Gasteiger partial charge is 0.355 e. The molecular weight excluding hydrogens is 302 g/mol. The van der Waals surface area contributed by atoms with Gasteiger partial charge in [-0.15, -0.1) is 0 Å². The van der Waals surface area contributed by atoms with Crippen LogP contribution in [0.1, 0.15) is 44.6 Å². The summed E-state index contributed by atoms with van der Waals surface area (Å²) in [6.07, 6.45) is 0. The Kier molecular flexibility index (Phi) is 4.21. The number of carbonyl (C=O) groups excluding carboxylic acids is 2. The molecule has 0 radical (unpaired) electrons. The van der Waals surface area contributed by atoms with E-state index in [0.717, 1.165) is 16.3 Å². The first kappa shape index (κ1) is 16.0. The molecule has 24 heavy (non-hydrogen) atoms. The lowest BCUT2D eigenvalue weighted by atomic mass is 10.1. The third-order valence-electron chi connectivity index (χ3n) is 4.23. The second-order valence-electron chi connectivity index (χ2n) is 5.90. The first-order valence-electron chi connectivity index (χ1n) is 7.83. The Balaban J connectivity index is 1.83. The van der Waals surface area contributed by atoms with E-state index in [0.29, 0.717) is 22.5 Å². The Hall–Kier alpha value is -2.88. The first-order chi connectivity index (χ1) is 11.5. The number of H-pyrrole nitrogens is 1. The molecule has 0 aliphatic carbocycles. The third-order valence-corrected chi connectivity index (χ3v) is 4.23. The minimum absolute atomic E-state index is 0.0608. The van der Waals surface area contributed by atoms with Crippen LogP contribution < -0.4 is 0 Å². The van der Waals surface area contributed by atoms with Gasteiger partial charge in [0.15, 0.2) is 5.78 Å². The lowest BCUT2D eigenvalue weighted by Gasteiger charge is -2.08. The maximum atomic E-state index is 12.4. The molecule has 1 heterocycles. The van der Waals surface area contributed by atoms with Crippen LogP contribution in [0.15, 0.2) is 42.5 Å². The van der Waals surface area contributed by atoms with Gasteiger partial charge in [-0.2, -0.15) is 0 Å². The summed E-state index contributed by atoms with van der Waals surface area (Å²) in [6, 6.07) is 13.9. The number of ether oxygens (including phenoxy) is 1. The molecule has 3 rings (SSSR count). The molecule has 0 saturated carbocycles. The molecule has 0 aliphatic heterocycles. The summed E-state index contributed by atoms with van der Waals surface area (Å²) in [6.45, 7) is 5.22. The summed E-state index contributed by atoms with van der Waals surface area (Å²) in [5, 5.41) is 2.17. The van der Waals surface area contributed by atoms with Gasteiger partial charge in [-0.1, -0.05) is 42.5 Å². The molecule has 4 nitrogen and oxygen atoms in total. The first-order valence-corrected chi connectivity index (χ1v) is 7.83. The van der Waals surface area contributed by atoms with E-state index in [1.54, 1.807) is 13.8 Å². The predicted octanol–water partition coefficient (Wildman–Crippen LogP) is 4.34. The van der Waals surface area contributed by atoms with Crippen LogP contribution in [0, 0.1) is 13.8 Å². The van der Waals surface area contributed by atoms with Gasteiger partial charge in [0, 0.05) is 11.3 Å². The minimum atomic E-state index is -0.448. The van der Waals surface area contributed by atoms with Gasteiger partial charge < -0.3 is 9.72 Å². The van der Waals surface area contributed by atoms with Gasteiger partial charge in [-0.05, 0) is 42.7 Å². The standard InChI is InChI=1S/C20H19NO3/c1-12-18(14(3)22)13(2)21-19(12)20(23)24-11-16-9-6-8-15-7-4-5-10-17(15)16/h4-10,21H,11H2,1-3H3. The second kappa shape index (κ2) is 6.32. The van der Waals surface area contributed by atoms with Crippen molar-refractivity contribution in [2.75, 3.05) is 0 Å². The zero-order valence-corrected chi connectivity index (χ0v) is 14.0. The molecule has 0 spiro atoms. The van der Waals surface area contributed by atoms with Crippen molar-refractivity contribution in [2.45, 2.75) is 27.4 Å². The van der Waals surface area contributed by atoms with Gasteiger partial charge in [0.25, 0.3) is 0 Å². The number of hydrogen-bond donors (Lipinski definition) is 1. The van der Waals surface area contributed by atoms with Crippen molar-refractivity contribution in [3.63, 3.8) is 0 Å². The number of carbonyl (C=O) groups is 2. The van der Waals surface area contributed by atoms with Gasteiger partial charge >= 0.3 is 5.97 Å². The number of nitrogens with one attached hydrogen (secondary N) is 1. The highest BCUT2D eigenvalue weighted by Crippen LogP contribution is 2.22. The lowest BCUT2D eigenvalue weighted by molar-refractivity contribution is 0.0467. The van der Waals surface area contributed by atoms with Crippen LogP contribution in [0.4, 0.5) is 0 Å². The number of ketones is 1. The van der Waals surface area contributed by atoms with Gasteiger partial charge in [-0.3, -0.25) is 4.79 Å². The molecule has 2 aromatic carbocycles. The molecule has 0 amide bonds. The fourth-order valence-corrected chi connectivity index (χ4v) is 3.12. The molecule has 3 aromatic rings. The molecule has 0 saturated heterocycles. The van der Waals surface area contributed by atoms with Gasteiger partial charge in [0.1, 0.15) is 12.3 Å². The van der Waals surface area contributed by atoms with Crippen molar-refractivity contribution < 1.29 is 14.3 Å². The van der Waals surface area contributed by atoms with Gasteiger partial charge in [0.05, 0.1) is 0 Å². The molecule has 1 aromatic heterocycles. The minimum Gasteiger partial charge on any atom is -0.456 e. The molecule has 122 valence electrons. The highest BCUT2D eigenvalue weighted by Gasteiger charge is 2.20. The largest absolute Gasteiger partial charge is 0.456 e. The summed E-state index contributed by atoms with van der Waals surface area (Å²) in [4.78, 5) is 27.0. The Morgan fingerprint density at radius 3 is 2.46 bits per heavy atom. The molecule has 4 heteroatoms. The molecule has 0 unspecified atom stereocenters. The van der Waals surface area contributed by atoms with E-state index in [1.807, 2.05) is 42.5 Å². The van der Waals surface area contributed by atoms with E-state index in [2.05, 4.69) is 4.98 Å². The summed E-state index contributed by atoms with van der Waals surface area (Å²) in [7, 11) is 0. The Morgan fingerprint density at radius 2 is 1.75 bits per heavy atom. The third kappa shape index (κ3) is 2.83. The van der Waals surface area contributed by atoms with Crippen molar-refractivity contribution in [1.82, 2.24) is 4.98 Å². The van der Waals surface area contributed by atoms with Crippen LogP contribution in [-0.4, -0.2) is 16.7 Å². The Morgan fingerprint density at radius 1 is 1.04 bits per heavy atom. The molecular formula is C20H19NO3. The van der Waals surface area contributed by atoms with Crippen LogP contribution >= 0.6 is 0 Å². The number of aromatic amines is 1. The lowest BCUT2D eigenvalue weighted by Crippen LogP contribution is -2.08. The van der Waals surface area contributed by atoms with E-state index < -0.39 is 5.97 Å². The zero-order chi connectivity index (χ0) is 17.3. The van der Waals surface area contributed by atoms with Crippen LogP contribution in [0.5, 0.6) is 0 Å². The summed E-state index contributed by atoms with van der Waals surface area (Å²) in [5.74, 6) is -0.509. The predicted molar refractivity (Wildman–Crippen MR) is 93.3 cm³/mol. The SMILES string of the molecule is CC(=O)c1c(C)[nH]c(C(=O)OCc2cccc3ccccc23)c1C. The Labute approximate surface area is 140 Å². The average molecular weight is 321 g/mol. The van der Waals surface area contributed by atoms with Crippen LogP contribution in [0.25, 0.3) is 10.8 Å². The average Bonchev–Trinajstić information content (AvgIpc) is 2.87. The number of rotatable bonds is 4. The highest BCUT2D eigenvalue weighted by atomic mass is 16.5. The number of esters is 1. The van der Waals surface area contributed by atoms with Crippen molar-refractivity contribution in [3.05, 3.63) is 70.5 Å². The van der Waals surface area contributed by atoms with E-state index in [4.69, 9.17) is 4.74 Å². The maximum Gasteiger partial charge on any atom is 0.355 e. The zero-order valence-electron chi connectivity index (χ0n) is 14.0. The monoisotopic (exact) mass is 321 g/mol. The summed E-state index contributed by atoms with van der Waals surface area (Å²) >= 11 is 0. The van der Waals surface area contributed by atoms with E-state index >= 15 is 0 Å². The van der Waals surface area contributed by atoms with Crippen molar-refractivity contribution in [2.24, 2.45) is 0 Å². The van der Waals surface area contributed by atoms with Gasteiger partial charge in [0.2, 0.25) is 0 Å². The summed E-state index contributed by atoms with van der Waals surface area (Å²) in [5.41, 5.74) is 3.19. The van der Waals surface area contributed by atoms with Crippen molar-refractivity contribution in [1.29, 1.82) is 0 Å².